The predicted molar refractivity (Wildman–Crippen MR) is 104 cm³/mol. The van der Waals surface area contributed by atoms with Gasteiger partial charge in [0.1, 0.15) is 0 Å². The summed E-state index contributed by atoms with van der Waals surface area (Å²) in [6.07, 6.45) is 0. The highest BCUT2D eigenvalue weighted by Crippen LogP contribution is 2.34. The molecule has 4 nitrogen and oxygen atoms in total. The average Bonchev–Trinajstić information content (AvgIpc) is 2.49. The quantitative estimate of drug-likeness (QED) is 0.586. The van der Waals surface area contributed by atoms with Crippen LogP contribution >= 0.6 is 45.2 Å². The first-order valence-corrected chi connectivity index (χ1v) is 8.78. The molecule has 1 amide bonds. The zero-order valence-corrected chi connectivity index (χ0v) is 16.5. The number of benzene rings is 2. The zero-order chi connectivity index (χ0) is 16.1. The molecule has 0 atom stereocenters. The van der Waals surface area contributed by atoms with Crippen molar-refractivity contribution in [1.29, 1.82) is 0 Å². The Morgan fingerprint density at radius 2 is 1.86 bits per heavy atom. The number of methoxy groups -OCH3 is 1. The van der Waals surface area contributed by atoms with Crippen LogP contribution in [0.4, 0.5) is 5.69 Å². The van der Waals surface area contributed by atoms with Crippen LogP contribution in [0.5, 0.6) is 11.5 Å². The minimum atomic E-state index is -0.178. The zero-order valence-electron chi connectivity index (χ0n) is 12.2. The molecule has 0 heterocycles. The third-order valence-electron chi connectivity index (χ3n) is 2.88. The number of carbonyl (C=O) groups excluding carboxylic acids is 1. The van der Waals surface area contributed by atoms with Crippen molar-refractivity contribution in [1.82, 2.24) is 0 Å². The van der Waals surface area contributed by atoms with Crippen molar-refractivity contribution in [2.75, 3.05) is 19.0 Å². The monoisotopic (exact) mass is 523 g/mol. The molecule has 0 aromatic heterocycles. The standard InChI is InChI=1S/C16H15I2NO3/c1-3-22-14-9-10(8-13(18)15(14)21-2)16(20)19-12-6-4-11(17)5-7-12/h4-9H,3H2,1-2H3,(H,19,20). The SMILES string of the molecule is CCOc1cc(C(=O)Nc2ccc(I)cc2)cc(I)c1OC. The Bertz CT molecular complexity index is 672. The summed E-state index contributed by atoms with van der Waals surface area (Å²) in [7, 11) is 1.59. The summed E-state index contributed by atoms with van der Waals surface area (Å²) in [5.74, 6) is 1.04. The number of rotatable bonds is 5. The van der Waals surface area contributed by atoms with Crippen LogP contribution in [0.2, 0.25) is 0 Å². The first-order chi connectivity index (χ1) is 10.5. The van der Waals surface area contributed by atoms with E-state index in [9.17, 15) is 4.79 Å². The first kappa shape index (κ1) is 17.3. The van der Waals surface area contributed by atoms with Crippen LogP contribution in [-0.4, -0.2) is 19.6 Å². The first-order valence-electron chi connectivity index (χ1n) is 6.62. The normalized spacial score (nSPS) is 10.2. The van der Waals surface area contributed by atoms with Gasteiger partial charge in [0.15, 0.2) is 11.5 Å². The van der Waals surface area contributed by atoms with Gasteiger partial charge in [-0.25, -0.2) is 0 Å². The van der Waals surface area contributed by atoms with E-state index in [0.29, 0.717) is 23.7 Å². The number of carbonyl (C=O) groups is 1. The molecule has 2 aromatic rings. The summed E-state index contributed by atoms with van der Waals surface area (Å²) in [6.45, 7) is 2.40. The minimum absolute atomic E-state index is 0.178. The number of halogens is 2. The largest absolute Gasteiger partial charge is 0.492 e. The van der Waals surface area contributed by atoms with Crippen molar-refractivity contribution in [2.45, 2.75) is 6.92 Å². The number of hydrogen-bond acceptors (Lipinski definition) is 3. The summed E-state index contributed by atoms with van der Waals surface area (Å²) in [5.41, 5.74) is 1.29. The molecule has 2 rings (SSSR count). The average molecular weight is 523 g/mol. The Hall–Kier alpha value is -1.03. The molecule has 0 fully saturated rings. The molecule has 0 aliphatic rings. The van der Waals surface area contributed by atoms with Crippen LogP contribution in [0.3, 0.4) is 0 Å². The summed E-state index contributed by atoms with van der Waals surface area (Å²) in [4.78, 5) is 12.4. The minimum Gasteiger partial charge on any atom is -0.492 e. The van der Waals surface area contributed by atoms with Crippen molar-refractivity contribution in [3.8, 4) is 11.5 Å². The maximum Gasteiger partial charge on any atom is 0.255 e. The Balaban J connectivity index is 2.27. The summed E-state index contributed by atoms with van der Waals surface area (Å²) in [6, 6.07) is 11.1. The fourth-order valence-corrected chi connectivity index (χ4v) is 3.08. The van der Waals surface area contributed by atoms with E-state index < -0.39 is 0 Å². The second kappa shape index (κ2) is 8.00. The lowest BCUT2D eigenvalue weighted by Crippen LogP contribution is -2.13. The van der Waals surface area contributed by atoms with Gasteiger partial charge in [-0.15, -0.1) is 0 Å². The molecule has 116 valence electrons. The maximum absolute atomic E-state index is 12.4. The van der Waals surface area contributed by atoms with Crippen molar-refractivity contribution < 1.29 is 14.3 Å². The number of hydrogen-bond donors (Lipinski definition) is 1. The van der Waals surface area contributed by atoms with E-state index in [0.717, 1.165) is 12.8 Å². The summed E-state index contributed by atoms with van der Waals surface area (Å²) >= 11 is 4.36. The second-order valence-electron chi connectivity index (χ2n) is 4.38. The lowest BCUT2D eigenvalue weighted by molar-refractivity contribution is 0.102. The van der Waals surface area contributed by atoms with E-state index in [-0.39, 0.29) is 5.91 Å². The second-order valence-corrected chi connectivity index (χ2v) is 6.79. The third kappa shape index (κ3) is 4.25. The van der Waals surface area contributed by atoms with Gasteiger partial charge in [-0.2, -0.15) is 0 Å². The summed E-state index contributed by atoms with van der Waals surface area (Å²) in [5, 5.41) is 2.88. The van der Waals surface area contributed by atoms with Crippen LogP contribution < -0.4 is 14.8 Å². The van der Waals surface area contributed by atoms with Crippen LogP contribution in [0.1, 0.15) is 17.3 Å². The van der Waals surface area contributed by atoms with Crippen LogP contribution in [0, 0.1) is 7.14 Å². The molecule has 0 aliphatic carbocycles. The smallest absolute Gasteiger partial charge is 0.255 e. The van der Waals surface area contributed by atoms with E-state index in [1.165, 1.54) is 0 Å². The van der Waals surface area contributed by atoms with Gasteiger partial charge in [-0.1, -0.05) is 0 Å². The highest BCUT2D eigenvalue weighted by Gasteiger charge is 2.15. The summed E-state index contributed by atoms with van der Waals surface area (Å²) < 4.78 is 12.8. The van der Waals surface area contributed by atoms with Crippen LogP contribution in [-0.2, 0) is 0 Å². The molecule has 22 heavy (non-hydrogen) atoms. The molecule has 1 N–H and O–H groups in total. The van der Waals surface area contributed by atoms with E-state index >= 15 is 0 Å². The van der Waals surface area contributed by atoms with E-state index in [2.05, 4.69) is 50.5 Å². The fraction of sp³-hybridized carbons (Fsp3) is 0.188. The van der Waals surface area contributed by atoms with Gasteiger partial charge >= 0.3 is 0 Å². The molecule has 0 saturated heterocycles. The van der Waals surface area contributed by atoms with Gasteiger partial charge in [0, 0.05) is 14.8 Å². The van der Waals surface area contributed by atoms with Gasteiger partial charge < -0.3 is 14.8 Å². The molecule has 0 saturated carbocycles. The number of ether oxygens (including phenoxy) is 2. The Labute approximate surface area is 156 Å². The van der Waals surface area contributed by atoms with Crippen LogP contribution in [0.15, 0.2) is 36.4 Å². The van der Waals surface area contributed by atoms with Crippen molar-refractivity contribution >= 4 is 56.8 Å². The lowest BCUT2D eigenvalue weighted by atomic mass is 10.2. The number of nitrogens with one attached hydrogen (secondary N) is 1. The Kier molecular flexibility index (Phi) is 6.30. The topological polar surface area (TPSA) is 47.6 Å². The molecule has 0 bridgehead atoms. The van der Waals surface area contributed by atoms with Crippen LogP contribution in [0.25, 0.3) is 0 Å². The third-order valence-corrected chi connectivity index (χ3v) is 4.40. The highest BCUT2D eigenvalue weighted by atomic mass is 127. The fourth-order valence-electron chi connectivity index (χ4n) is 1.90. The molecule has 0 spiro atoms. The molecule has 0 radical (unpaired) electrons. The van der Waals surface area contributed by atoms with E-state index in [1.54, 1.807) is 19.2 Å². The Morgan fingerprint density at radius 3 is 2.45 bits per heavy atom. The van der Waals surface area contributed by atoms with Crippen molar-refractivity contribution in [2.24, 2.45) is 0 Å². The van der Waals surface area contributed by atoms with Gasteiger partial charge in [0.05, 0.1) is 17.3 Å². The van der Waals surface area contributed by atoms with Crippen molar-refractivity contribution in [3.05, 3.63) is 49.1 Å². The molecular formula is C16H15I2NO3. The predicted octanol–water partition coefficient (Wildman–Crippen LogP) is 4.56. The van der Waals surface area contributed by atoms with Gasteiger partial charge in [-0.3, -0.25) is 4.79 Å². The lowest BCUT2D eigenvalue weighted by Gasteiger charge is -2.13. The highest BCUT2D eigenvalue weighted by molar-refractivity contribution is 14.1. The van der Waals surface area contributed by atoms with Crippen molar-refractivity contribution in [3.63, 3.8) is 0 Å². The molecular weight excluding hydrogens is 508 g/mol. The van der Waals surface area contributed by atoms with E-state index in [1.807, 2.05) is 31.2 Å². The van der Waals surface area contributed by atoms with Gasteiger partial charge in [-0.05, 0) is 88.5 Å². The van der Waals surface area contributed by atoms with Gasteiger partial charge in [0.25, 0.3) is 5.91 Å². The van der Waals surface area contributed by atoms with Gasteiger partial charge in [0.2, 0.25) is 0 Å². The Morgan fingerprint density at radius 1 is 1.18 bits per heavy atom. The molecule has 6 heteroatoms. The maximum atomic E-state index is 12.4. The number of anilines is 1. The van der Waals surface area contributed by atoms with E-state index in [4.69, 9.17) is 9.47 Å². The number of amides is 1. The molecule has 0 unspecified atom stereocenters. The molecule has 0 aliphatic heterocycles. The molecule has 2 aromatic carbocycles.